The van der Waals surface area contributed by atoms with Gasteiger partial charge in [0.2, 0.25) is 5.78 Å². The van der Waals surface area contributed by atoms with Crippen LogP contribution in [0.15, 0.2) is 206 Å². The molecule has 6 heterocycles. The van der Waals surface area contributed by atoms with E-state index >= 15 is 0 Å². The molecule has 74 heavy (non-hydrogen) atoms. The fourth-order valence-corrected chi connectivity index (χ4v) is 11.3. The molecular weight excluding hydrogens is 1090 g/mol. The Hall–Kier alpha value is -8.84. The fraction of sp³-hybridized carbons (Fsp3) is 0.0615. The predicted octanol–water partition coefficient (Wildman–Crippen LogP) is 15.1. The van der Waals surface area contributed by atoms with Crippen molar-refractivity contribution in [1.29, 1.82) is 0 Å². The second kappa shape index (κ2) is 16.6. The molecule has 0 unspecified atom stereocenters. The third-order valence-corrected chi connectivity index (χ3v) is 14.6. The van der Waals surface area contributed by atoms with Crippen LogP contribution in [0.3, 0.4) is 0 Å². The summed E-state index contributed by atoms with van der Waals surface area (Å²) in [6, 6.07) is 77.9. The molecule has 6 aromatic heterocycles. The van der Waals surface area contributed by atoms with E-state index in [1.165, 1.54) is 5.56 Å². The van der Waals surface area contributed by atoms with Crippen LogP contribution in [0, 0.1) is 18.5 Å². The van der Waals surface area contributed by atoms with Crippen LogP contribution in [0.1, 0.15) is 26.3 Å². The van der Waals surface area contributed by atoms with Crippen LogP contribution in [-0.2, 0) is 26.5 Å². The molecule has 15 rings (SSSR count). The number of nitrogens with zero attached hydrogens (tertiary/aromatic N) is 7. The average Bonchev–Trinajstić information content (AvgIpc) is 4.30. The molecule has 0 radical (unpaired) electrons. The van der Waals surface area contributed by atoms with Crippen molar-refractivity contribution in [3.8, 4) is 28.7 Å². The molecule has 0 saturated carbocycles. The first-order chi connectivity index (χ1) is 35.9. The summed E-state index contributed by atoms with van der Waals surface area (Å²) >= 11 is 0. The molecule has 9 aromatic carbocycles. The Balaban J connectivity index is 0.00000505. The largest absolute Gasteiger partial charge is 0.510 e. The van der Waals surface area contributed by atoms with Crippen LogP contribution >= 0.6 is 0 Å². The van der Waals surface area contributed by atoms with E-state index < -0.39 is 0 Å². The number of rotatable bonds is 5. The van der Waals surface area contributed by atoms with Gasteiger partial charge >= 0.3 is 0 Å². The van der Waals surface area contributed by atoms with Gasteiger partial charge in [0, 0.05) is 50.0 Å². The molecule has 9 heteroatoms. The molecular formula is C65H43N7OPt-2. The maximum atomic E-state index is 6.78. The number of para-hydroxylation sites is 5. The Bertz CT molecular complexity index is 4820. The second-order valence-electron chi connectivity index (χ2n) is 19.9. The Kier molecular flexibility index (Phi) is 9.85. The molecule has 0 fully saturated rings. The smallest absolute Gasteiger partial charge is 0.268 e. The first-order valence-corrected chi connectivity index (χ1v) is 24.7. The Morgan fingerprint density at radius 2 is 1.12 bits per heavy atom. The van der Waals surface area contributed by atoms with E-state index in [-0.39, 0.29) is 26.5 Å². The third-order valence-electron chi connectivity index (χ3n) is 14.6. The van der Waals surface area contributed by atoms with E-state index in [2.05, 4.69) is 244 Å². The monoisotopic (exact) mass is 1130 g/mol. The fourth-order valence-electron chi connectivity index (χ4n) is 11.3. The molecule has 0 aliphatic rings. The van der Waals surface area contributed by atoms with Gasteiger partial charge in [0.25, 0.3) is 6.33 Å². The summed E-state index contributed by atoms with van der Waals surface area (Å²) in [6.45, 7) is 6.68. The Morgan fingerprint density at radius 1 is 0.500 bits per heavy atom. The SMILES string of the molecule is CC(C)(C)c1ccnc(-n2c3[c-]c(Oc4[c-]c(-n5[c-][n+]6c7c(cccc75)c5ccccc5c5ccccc5c5ccc7c(c56)n5c6ccccc6nc5n7-c5ccccc5)ccc4)ccc3c3ccccc32)c1.[Pt]. The van der Waals surface area contributed by atoms with E-state index in [9.17, 15) is 0 Å². The minimum absolute atomic E-state index is 0. The van der Waals surface area contributed by atoms with Gasteiger partial charge < -0.3 is 13.9 Å². The van der Waals surface area contributed by atoms with Gasteiger partial charge in [0.05, 0.1) is 33.1 Å². The van der Waals surface area contributed by atoms with Gasteiger partial charge in [0.1, 0.15) is 11.3 Å². The van der Waals surface area contributed by atoms with Gasteiger partial charge in [-0.05, 0) is 103 Å². The summed E-state index contributed by atoms with van der Waals surface area (Å²) in [7, 11) is 0. The van der Waals surface area contributed by atoms with Crippen molar-refractivity contribution in [2.75, 3.05) is 0 Å². The topological polar surface area (TPSA) is 58.3 Å². The zero-order chi connectivity index (χ0) is 48.5. The standard InChI is InChI=1S/C65H43N7O.Pt/c1-65(2,3)41-35-36-66-60(37-41)71-55-28-13-11-25-50(55)51-32-31-45(39-59(51)71)73-44-20-15-19-43(38-44)68-40-69-61-52(26-16-30-57(61)68)48-23-9-7-21-46(48)47-22-8-10-24-49(47)53-33-34-58-63(62(53)69)72-56-29-14-12-27-54(56)67-64(72)70(58)42-17-5-4-6-18-42;/h4-37H,1-3H3;/q-2;. The van der Waals surface area contributed by atoms with E-state index in [0.717, 1.165) is 116 Å². The van der Waals surface area contributed by atoms with Gasteiger partial charge in [-0.15, -0.1) is 29.7 Å². The molecule has 0 aliphatic carbocycles. The van der Waals surface area contributed by atoms with E-state index in [1.54, 1.807) is 0 Å². The zero-order valence-electron chi connectivity index (χ0n) is 40.5. The average molecular weight is 1130 g/mol. The van der Waals surface area contributed by atoms with Gasteiger partial charge in [-0.1, -0.05) is 148 Å². The summed E-state index contributed by atoms with van der Waals surface area (Å²) in [4.78, 5) is 10.2. The summed E-state index contributed by atoms with van der Waals surface area (Å²) in [5, 5.41) is 8.94. The molecule has 356 valence electrons. The number of hydrogen-bond acceptors (Lipinski definition) is 3. The summed E-state index contributed by atoms with van der Waals surface area (Å²) in [5.41, 5.74) is 11.9. The Labute approximate surface area is 439 Å². The number of fused-ring (bicyclic) bond motifs is 16. The van der Waals surface area contributed by atoms with Gasteiger partial charge in [-0.3, -0.25) is 13.4 Å². The van der Waals surface area contributed by atoms with Crippen LogP contribution in [0.4, 0.5) is 0 Å². The molecule has 0 spiro atoms. The van der Waals surface area contributed by atoms with Gasteiger partial charge in [0.15, 0.2) is 0 Å². The van der Waals surface area contributed by atoms with Crippen LogP contribution in [0.5, 0.6) is 11.5 Å². The third kappa shape index (κ3) is 6.54. The first kappa shape index (κ1) is 43.9. The van der Waals surface area contributed by atoms with Crippen molar-refractivity contribution < 1.29 is 30.2 Å². The molecule has 15 aromatic rings. The molecule has 0 atom stereocenters. The van der Waals surface area contributed by atoms with E-state index in [4.69, 9.17) is 14.7 Å². The molecule has 0 N–H and O–H groups in total. The molecule has 0 saturated heterocycles. The number of hydrogen-bond donors (Lipinski definition) is 0. The minimum Gasteiger partial charge on any atom is -0.510 e. The number of benzene rings is 9. The zero-order valence-corrected chi connectivity index (χ0v) is 42.8. The van der Waals surface area contributed by atoms with Crippen molar-refractivity contribution in [3.63, 3.8) is 0 Å². The summed E-state index contributed by atoms with van der Waals surface area (Å²) < 4.78 is 18.0. The first-order valence-electron chi connectivity index (χ1n) is 24.7. The summed E-state index contributed by atoms with van der Waals surface area (Å²) in [6.07, 6.45) is 5.86. The number of ether oxygens (including phenoxy) is 1. The van der Waals surface area contributed by atoms with Crippen molar-refractivity contribution in [2.45, 2.75) is 26.2 Å². The summed E-state index contributed by atoms with van der Waals surface area (Å²) in [5.74, 6) is 2.80. The van der Waals surface area contributed by atoms with Crippen molar-refractivity contribution in [2.24, 2.45) is 0 Å². The quantitative estimate of drug-likeness (QED) is 0.127. The van der Waals surface area contributed by atoms with Crippen molar-refractivity contribution in [1.82, 2.24) is 28.1 Å². The molecule has 0 bridgehead atoms. The van der Waals surface area contributed by atoms with Crippen molar-refractivity contribution in [3.05, 3.63) is 230 Å². The second-order valence-corrected chi connectivity index (χ2v) is 19.9. The van der Waals surface area contributed by atoms with Crippen LogP contribution in [0.2, 0.25) is 0 Å². The van der Waals surface area contributed by atoms with Crippen molar-refractivity contribution >= 4 is 98.5 Å². The van der Waals surface area contributed by atoms with Crippen LogP contribution < -0.4 is 9.14 Å². The van der Waals surface area contributed by atoms with Gasteiger partial charge in [-0.25, -0.2) is 9.97 Å². The number of aromatic nitrogens is 7. The number of imidazole rings is 3. The van der Waals surface area contributed by atoms with Crippen LogP contribution in [-0.4, -0.2) is 28.1 Å². The minimum atomic E-state index is -0.0462. The Morgan fingerprint density at radius 3 is 1.89 bits per heavy atom. The molecule has 0 amide bonds. The number of pyridine rings is 1. The maximum Gasteiger partial charge on any atom is 0.268 e. The van der Waals surface area contributed by atoms with Gasteiger partial charge in [-0.2, -0.15) is 18.2 Å². The molecule has 8 nitrogen and oxygen atoms in total. The maximum absolute atomic E-state index is 6.78. The normalized spacial score (nSPS) is 12.1. The molecule has 0 aliphatic heterocycles. The van der Waals surface area contributed by atoms with E-state index in [1.807, 2.05) is 24.4 Å². The van der Waals surface area contributed by atoms with E-state index in [0.29, 0.717) is 11.5 Å². The van der Waals surface area contributed by atoms with Crippen LogP contribution in [0.25, 0.3) is 116 Å². The predicted molar refractivity (Wildman–Crippen MR) is 295 cm³/mol.